The summed E-state index contributed by atoms with van der Waals surface area (Å²) in [4.78, 5) is 10.7. The van der Waals surface area contributed by atoms with Crippen LogP contribution in [0.5, 0.6) is 5.75 Å². The maximum absolute atomic E-state index is 10.7. The van der Waals surface area contributed by atoms with Gasteiger partial charge in [-0.2, -0.15) is 0 Å². The van der Waals surface area contributed by atoms with Crippen LogP contribution in [-0.2, 0) is 4.74 Å². The Hall–Kier alpha value is -0.390. The zero-order chi connectivity index (χ0) is 11.5. The van der Waals surface area contributed by atoms with E-state index in [1.807, 2.05) is 0 Å². The van der Waals surface area contributed by atoms with Crippen LogP contribution in [0.3, 0.4) is 0 Å². The van der Waals surface area contributed by atoms with E-state index < -0.39 is 0 Å². The van der Waals surface area contributed by atoms with Crippen molar-refractivity contribution in [2.24, 2.45) is 0 Å². The first kappa shape index (κ1) is 12.1. The van der Waals surface area contributed by atoms with Crippen molar-refractivity contribution >= 4 is 38.1 Å². The molecule has 1 aliphatic rings. The Balaban J connectivity index is 2.22. The molecule has 86 valence electrons. The monoisotopic (exact) mass is 348 g/mol. The molecule has 0 spiro atoms. The number of hydrogen-bond donors (Lipinski definition) is 0. The number of benzene rings is 1. The molecule has 1 heterocycles. The van der Waals surface area contributed by atoms with Crippen molar-refractivity contribution < 1.29 is 14.3 Å². The molecule has 1 fully saturated rings. The highest BCUT2D eigenvalue weighted by molar-refractivity contribution is 9.11. The van der Waals surface area contributed by atoms with Crippen molar-refractivity contribution in [2.45, 2.75) is 12.5 Å². The van der Waals surface area contributed by atoms with Crippen molar-refractivity contribution in [3.63, 3.8) is 0 Å². The lowest BCUT2D eigenvalue weighted by molar-refractivity contribution is 0.112. The molecule has 0 saturated carbocycles. The van der Waals surface area contributed by atoms with E-state index in [-0.39, 0.29) is 6.10 Å². The van der Waals surface area contributed by atoms with E-state index in [0.29, 0.717) is 12.2 Å². The van der Waals surface area contributed by atoms with E-state index >= 15 is 0 Å². The lowest BCUT2D eigenvalue weighted by Crippen LogP contribution is -2.16. The highest BCUT2D eigenvalue weighted by Crippen LogP contribution is 2.35. The van der Waals surface area contributed by atoms with E-state index in [4.69, 9.17) is 9.47 Å². The molecular weight excluding hydrogens is 340 g/mol. The average Bonchev–Trinajstić information content (AvgIpc) is 2.75. The molecule has 0 bridgehead atoms. The second kappa shape index (κ2) is 5.29. The van der Waals surface area contributed by atoms with Crippen LogP contribution >= 0.6 is 31.9 Å². The van der Waals surface area contributed by atoms with E-state index in [9.17, 15) is 4.79 Å². The minimum Gasteiger partial charge on any atom is -0.486 e. The Morgan fingerprint density at radius 1 is 1.38 bits per heavy atom. The molecule has 1 unspecified atom stereocenters. The third kappa shape index (κ3) is 2.64. The van der Waals surface area contributed by atoms with E-state index in [0.717, 1.165) is 34.0 Å². The van der Waals surface area contributed by atoms with Crippen LogP contribution in [0, 0.1) is 0 Å². The van der Waals surface area contributed by atoms with Gasteiger partial charge in [0.1, 0.15) is 18.1 Å². The minimum atomic E-state index is 0.0923. The molecule has 0 aliphatic carbocycles. The van der Waals surface area contributed by atoms with Crippen molar-refractivity contribution in [2.75, 3.05) is 13.2 Å². The van der Waals surface area contributed by atoms with Gasteiger partial charge in [0.25, 0.3) is 0 Å². The summed E-state index contributed by atoms with van der Waals surface area (Å²) >= 11 is 6.78. The summed E-state index contributed by atoms with van der Waals surface area (Å²) in [5.41, 5.74) is 0.605. The Labute approximate surface area is 110 Å². The molecule has 0 radical (unpaired) electrons. The molecule has 1 saturated heterocycles. The SMILES string of the molecule is O=Cc1cc(Br)c(OC2CCOC2)c(Br)c1. The van der Waals surface area contributed by atoms with Crippen LogP contribution in [0.2, 0.25) is 0 Å². The Bertz CT molecular complexity index is 377. The van der Waals surface area contributed by atoms with Crippen LogP contribution in [-0.4, -0.2) is 25.6 Å². The van der Waals surface area contributed by atoms with Crippen LogP contribution < -0.4 is 4.74 Å². The van der Waals surface area contributed by atoms with Crippen LogP contribution in [0.25, 0.3) is 0 Å². The zero-order valence-electron chi connectivity index (χ0n) is 8.41. The fourth-order valence-electron chi connectivity index (χ4n) is 1.53. The van der Waals surface area contributed by atoms with Gasteiger partial charge >= 0.3 is 0 Å². The normalized spacial score (nSPS) is 19.8. The fourth-order valence-corrected chi connectivity index (χ4v) is 2.94. The largest absolute Gasteiger partial charge is 0.486 e. The zero-order valence-corrected chi connectivity index (χ0v) is 11.6. The number of halogens is 2. The van der Waals surface area contributed by atoms with E-state index in [1.165, 1.54) is 0 Å². The minimum absolute atomic E-state index is 0.0923. The maximum Gasteiger partial charge on any atom is 0.150 e. The topological polar surface area (TPSA) is 35.5 Å². The number of ether oxygens (including phenoxy) is 2. The van der Waals surface area contributed by atoms with Gasteiger partial charge in [-0.15, -0.1) is 0 Å². The summed E-state index contributed by atoms with van der Waals surface area (Å²) in [6.07, 6.45) is 1.79. The van der Waals surface area contributed by atoms with Crippen molar-refractivity contribution in [1.29, 1.82) is 0 Å². The first-order valence-electron chi connectivity index (χ1n) is 4.89. The first-order chi connectivity index (χ1) is 7.70. The second-order valence-corrected chi connectivity index (χ2v) is 5.24. The molecule has 0 aromatic heterocycles. The van der Waals surface area contributed by atoms with Gasteiger partial charge in [0, 0.05) is 12.0 Å². The molecule has 1 aliphatic heterocycles. The number of rotatable bonds is 3. The standard InChI is InChI=1S/C11H10Br2O3/c12-9-3-7(5-14)4-10(13)11(9)16-8-1-2-15-6-8/h3-5,8H,1-2,6H2. The smallest absolute Gasteiger partial charge is 0.150 e. The van der Waals surface area contributed by atoms with E-state index in [1.54, 1.807) is 12.1 Å². The highest BCUT2D eigenvalue weighted by atomic mass is 79.9. The lowest BCUT2D eigenvalue weighted by atomic mass is 10.2. The molecule has 1 aromatic carbocycles. The van der Waals surface area contributed by atoms with Gasteiger partial charge in [0.15, 0.2) is 0 Å². The van der Waals surface area contributed by atoms with Crippen LogP contribution in [0.15, 0.2) is 21.1 Å². The lowest BCUT2D eigenvalue weighted by Gasteiger charge is -2.15. The van der Waals surface area contributed by atoms with E-state index in [2.05, 4.69) is 31.9 Å². The molecule has 0 amide bonds. The van der Waals surface area contributed by atoms with Crippen LogP contribution in [0.1, 0.15) is 16.8 Å². The van der Waals surface area contributed by atoms with Gasteiger partial charge in [0.2, 0.25) is 0 Å². The van der Waals surface area contributed by atoms with Gasteiger partial charge in [-0.1, -0.05) is 0 Å². The van der Waals surface area contributed by atoms with Gasteiger partial charge in [-0.3, -0.25) is 4.79 Å². The fraction of sp³-hybridized carbons (Fsp3) is 0.364. The molecule has 1 aromatic rings. The number of carbonyl (C=O) groups is 1. The maximum atomic E-state index is 10.7. The third-order valence-electron chi connectivity index (χ3n) is 2.33. The Kier molecular flexibility index (Phi) is 4.00. The summed E-state index contributed by atoms with van der Waals surface area (Å²) < 4.78 is 12.6. The molecule has 2 rings (SSSR count). The summed E-state index contributed by atoms with van der Waals surface area (Å²) in [6, 6.07) is 3.48. The predicted octanol–water partition coefficient (Wildman–Crippen LogP) is 3.19. The summed E-state index contributed by atoms with van der Waals surface area (Å²) in [5, 5.41) is 0. The molecule has 1 atom stereocenters. The van der Waals surface area contributed by atoms with Crippen molar-refractivity contribution in [1.82, 2.24) is 0 Å². The first-order valence-corrected chi connectivity index (χ1v) is 6.48. The van der Waals surface area contributed by atoms with Gasteiger partial charge in [-0.05, 0) is 44.0 Å². The predicted molar refractivity (Wildman–Crippen MR) is 67.1 cm³/mol. The quantitative estimate of drug-likeness (QED) is 0.786. The number of hydrogen-bond acceptors (Lipinski definition) is 3. The van der Waals surface area contributed by atoms with Gasteiger partial charge in [0.05, 0.1) is 22.2 Å². The van der Waals surface area contributed by atoms with Gasteiger partial charge in [-0.25, -0.2) is 0 Å². The summed E-state index contributed by atoms with van der Waals surface area (Å²) in [5.74, 6) is 0.723. The molecule has 3 nitrogen and oxygen atoms in total. The highest BCUT2D eigenvalue weighted by Gasteiger charge is 2.20. The second-order valence-electron chi connectivity index (χ2n) is 3.53. The van der Waals surface area contributed by atoms with Crippen molar-refractivity contribution in [3.8, 4) is 5.75 Å². The van der Waals surface area contributed by atoms with Crippen LogP contribution in [0.4, 0.5) is 0 Å². The third-order valence-corrected chi connectivity index (χ3v) is 3.51. The molecule has 0 N–H and O–H groups in total. The van der Waals surface area contributed by atoms with Crippen molar-refractivity contribution in [3.05, 3.63) is 26.6 Å². The average molecular weight is 350 g/mol. The molecular formula is C11H10Br2O3. The number of aldehydes is 1. The number of carbonyl (C=O) groups excluding carboxylic acids is 1. The summed E-state index contributed by atoms with van der Waals surface area (Å²) in [6.45, 7) is 1.36. The Morgan fingerprint density at radius 2 is 2.06 bits per heavy atom. The summed E-state index contributed by atoms with van der Waals surface area (Å²) in [7, 11) is 0. The molecule has 16 heavy (non-hydrogen) atoms. The van der Waals surface area contributed by atoms with Gasteiger partial charge < -0.3 is 9.47 Å². The Morgan fingerprint density at radius 3 is 2.56 bits per heavy atom. The molecule has 5 heteroatoms.